The number of benzene rings is 1. The van der Waals surface area contributed by atoms with Crippen LogP contribution in [-0.2, 0) is 0 Å². The third-order valence-electron chi connectivity index (χ3n) is 2.64. The van der Waals surface area contributed by atoms with Crippen molar-refractivity contribution in [2.45, 2.75) is 31.9 Å². The molecule has 4 nitrogen and oxygen atoms in total. The van der Waals surface area contributed by atoms with Gasteiger partial charge in [-0.25, -0.2) is 0 Å². The molecule has 98 valence electrons. The van der Waals surface area contributed by atoms with Crippen LogP contribution >= 0.6 is 0 Å². The van der Waals surface area contributed by atoms with Gasteiger partial charge in [-0.2, -0.15) is 5.26 Å². The second kappa shape index (κ2) is 5.74. The monoisotopic (exact) mass is 247 g/mol. The number of nitriles is 1. The first kappa shape index (κ1) is 14.3. The second-order valence-electron chi connectivity index (χ2n) is 5.05. The topological polar surface area (TPSA) is 62.3 Å². The molecule has 2 atom stereocenters. The SMILES string of the molecule is CC(CC(C)(N)C#N)Oc1cccc(N(C)C)c1. The summed E-state index contributed by atoms with van der Waals surface area (Å²) in [5.74, 6) is 0.794. The van der Waals surface area contributed by atoms with Gasteiger partial charge in [-0.3, -0.25) is 0 Å². The highest BCUT2D eigenvalue weighted by atomic mass is 16.5. The zero-order valence-electron chi connectivity index (χ0n) is 11.5. The van der Waals surface area contributed by atoms with E-state index in [1.165, 1.54) is 0 Å². The van der Waals surface area contributed by atoms with Gasteiger partial charge < -0.3 is 15.4 Å². The highest BCUT2D eigenvalue weighted by molar-refractivity contribution is 5.49. The van der Waals surface area contributed by atoms with Crippen molar-refractivity contribution < 1.29 is 4.74 Å². The van der Waals surface area contributed by atoms with Gasteiger partial charge in [-0.1, -0.05) is 6.07 Å². The van der Waals surface area contributed by atoms with Gasteiger partial charge in [0.2, 0.25) is 0 Å². The van der Waals surface area contributed by atoms with Crippen molar-refractivity contribution in [1.29, 1.82) is 5.26 Å². The van der Waals surface area contributed by atoms with E-state index in [4.69, 9.17) is 15.7 Å². The number of ether oxygens (including phenoxy) is 1. The van der Waals surface area contributed by atoms with E-state index in [0.29, 0.717) is 6.42 Å². The average molecular weight is 247 g/mol. The molecule has 0 aliphatic heterocycles. The number of anilines is 1. The summed E-state index contributed by atoms with van der Waals surface area (Å²) in [4.78, 5) is 2.01. The van der Waals surface area contributed by atoms with Crippen molar-refractivity contribution in [3.63, 3.8) is 0 Å². The molecule has 0 bridgehead atoms. The summed E-state index contributed by atoms with van der Waals surface area (Å²) in [6.07, 6.45) is 0.396. The average Bonchev–Trinajstić information content (AvgIpc) is 2.28. The van der Waals surface area contributed by atoms with Crippen LogP contribution in [0.2, 0.25) is 0 Å². The molecule has 0 amide bonds. The van der Waals surface area contributed by atoms with Crippen molar-refractivity contribution in [2.24, 2.45) is 5.73 Å². The Morgan fingerprint density at radius 2 is 2.17 bits per heavy atom. The summed E-state index contributed by atoms with van der Waals surface area (Å²) in [7, 11) is 3.96. The normalized spacial score (nSPS) is 15.3. The van der Waals surface area contributed by atoms with Crippen molar-refractivity contribution in [3.8, 4) is 11.8 Å². The maximum Gasteiger partial charge on any atom is 0.121 e. The van der Waals surface area contributed by atoms with E-state index in [2.05, 4.69) is 6.07 Å². The van der Waals surface area contributed by atoms with Crippen LogP contribution in [0, 0.1) is 11.3 Å². The molecule has 0 fully saturated rings. The summed E-state index contributed by atoms with van der Waals surface area (Å²) in [6, 6.07) is 9.91. The van der Waals surface area contributed by atoms with E-state index >= 15 is 0 Å². The highest BCUT2D eigenvalue weighted by Gasteiger charge is 2.22. The van der Waals surface area contributed by atoms with Crippen LogP contribution in [0.15, 0.2) is 24.3 Å². The van der Waals surface area contributed by atoms with Gasteiger partial charge in [0.1, 0.15) is 11.3 Å². The number of nitrogens with two attached hydrogens (primary N) is 1. The molecule has 2 N–H and O–H groups in total. The molecular weight excluding hydrogens is 226 g/mol. The van der Waals surface area contributed by atoms with Gasteiger partial charge in [-0.15, -0.1) is 0 Å². The fraction of sp³-hybridized carbons (Fsp3) is 0.500. The smallest absolute Gasteiger partial charge is 0.121 e. The minimum Gasteiger partial charge on any atom is -0.491 e. The molecule has 0 saturated heterocycles. The molecule has 1 rings (SSSR count). The van der Waals surface area contributed by atoms with Crippen LogP contribution in [0.3, 0.4) is 0 Å². The zero-order chi connectivity index (χ0) is 13.8. The maximum atomic E-state index is 8.89. The third-order valence-corrected chi connectivity index (χ3v) is 2.64. The molecule has 2 unspecified atom stereocenters. The molecule has 0 heterocycles. The molecule has 0 aliphatic carbocycles. The van der Waals surface area contributed by atoms with Crippen LogP contribution in [0.5, 0.6) is 5.75 Å². The Kier molecular flexibility index (Phi) is 4.57. The number of hydrogen-bond donors (Lipinski definition) is 1. The molecule has 0 saturated carbocycles. The van der Waals surface area contributed by atoms with Crippen molar-refractivity contribution in [1.82, 2.24) is 0 Å². The van der Waals surface area contributed by atoms with Gasteiger partial charge in [0, 0.05) is 32.3 Å². The summed E-state index contributed by atoms with van der Waals surface area (Å²) >= 11 is 0. The van der Waals surface area contributed by atoms with Crippen LogP contribution in [0.1, 0.15) is 20.3 Å². The van der Waals surface area contributed by atoms with E-state index in [9.17, 15) is 0 Å². The molecule has 4 heteroatoms. The van der Waals surface area contributed by atoms with Gasteiger partial charge in [-0.05, 0) is 26.0 Å². The van der Waals surface area contributed by atoms with Crippen LogP contribution < -0.4 is 15.4 Å². The Morgan fingerprint density at radius 3 is 2.72 bits per heavy atom. The molecule has 0 radical (unpaired) electrons. The van der Waals surface area contributed by atoms with Crippen molar-refractivity contribution in [2.75, 3.05) is 19.0 Å². The Hall–Kier alpha value is -1.73. The second-order valence-corrected chi connectivity index (χ2v) is 5.05. The third kappa shape index (κ3) is 4.27. The van der Waals surface area contributed by atoms with E-state index in [0.717, 1.165) is 11.4 Å². The summed E-state index contributed by atoms with van der Waals surface area (Å²) in [5, 5.41) is 8.89. The number of nitrogens with zero attached hydrogens (tertiary/aromatic N) is 2. The van der Waals surface area contributed by atoms with Crippen molar-refractivity contribution in [3.05, 3.63) is 24.3 Å². The fourth-order valence-electron chi connectivity index (χ4n) is 1.75. The quantitative estimate of drug-likeness (QED) is 0.866. The fourth-order valence-corrected chi connectivity index (χ4v) is 1.75. The molecular formula is C14H21N3O. The Labute approximate surface area is 109 Å². The predicted octanol–water partition coefficient (Wildman–Crippen LogP) is 2.15. The lowest BCUT2D eigenvalue weighted by Gasteiger charge is -2.22. The van der Waals surface area contributed by atoms with Crippen LogP contribution in [0.4, 0.5) is 5.69 Å². The van der Waals surface area contributed by atoms with Gasteiger partial charge in [0.05, 0.1) is 12.2 Å². The first-order chi connectivity index (χ1) is 8.34. The lowest BCUT2D eigenvalue weighted by atomic mass is 9.98. The van der Waals surface area contributed by atoms with Crippen LogP contribution in [0.25, 0.3) is 0 Å². The molecule has 1 aromatic rings. The number of hydrogen-bond acceptors (Lipinski definition) is 4. The molecule has 0 aliphatic rings. The summed E-state index contributed by atoms with van der Waals surface area (Å²) < 4.78 is 5.79. The van der Waals surface area contributed by atoms with Crippen molar-refractivity contribution >= 4 is 5.69 Å². The predicted molar refractivity (Wildman–Crippen MR) is 73.7 cm³/mol. The Bertz CT molecular complexity index is 435. The minimum absolute atomic E-state index is 0.0999. The molecule has 18 heavy (non-hydrogen) atoms. The van der Waals surface area contributed by atoms with Gasteiger partial charge in [0.15, 0.2) is 0 Å². The van der Waals surface area contributed by atoms with E-state index in [1.54, 1.807) is 6.92 Å². The van der Waals surface area contributed by atoms with Gasteiger partial charge in [0.25, 0.3) is 0 Å². The first-order valence-corrected chi connectivity index (χ1v) is 5.98. The lowest BCUT2D eigenvalue weighted by molar-refractivity contribution is 0.191. The molecule has 1 aromatic carbocycles. The van der Waals surface area contributed by atoms with E-state index in [-0.39, 0.29) is 6.10 Å². The standard InChI is InChI=1S/C14H21N3O/c1-11(9-14(2,16)10-15)18-13-7-5-6-12(8-13)17(3)4/h5-8,11H,9,16H2,1-4H3. The zero-order valence-corrected chi connectivity index (χ0v) is 11.5. The van der Waals surface area contributed by atoms with E-state index in [1.807, 2.05) is 50.2 Å². The Balaban J connectivity index is 2.68. The summed E-state index contributed by atoms with van der Waals surface area (Å²) in [5.41, 5.74) is 6.03. The first-order valence-electron chi connectivity index (χ1n) is 5.98. The van der Waals surface area contributed by atoms with E-state index < -0.39 is 5.54 Å². The summed E-state index contributed by atoms with van der Waals surface area (Å²) in [6.45, 7) is 3.63. The van der Waals surface area contributed by atoms with Gasteiger partial charge >= 0.3 is 0 Å². The lowest BCUT2D eigenvalue weighted by Crippen LogP contribution is -2.38. The minimum atomic E-state index is -0.849. The highest BCUT2D eigenvalue weighted by Crippen LogP contribution is 2.22. The molecule has 0 spiro atoms. The largest absolute Gasteiger partial charge is 0.491 e. The van der Waals surface area contributed by atoms with Crippen LogP contribution in [-0.4, -0.2) is 25.7 Å². The Morgan fingerprint density at radius 1 is 1.50 bits per heavy atom. The number of rotatable bonds is 5. The molecule has 0 aromatic heterocycles. The maximum absolute atomic E-state index is 8.89.